The molecule has 2 atom stereocenters. The summed E-state index contributed by atoms with van der Waals surface area (Å²) in [6.07, 6.45) is 20.7. The largest absolute Gasteiger partial charge is 0.370 e. The van der Waals surface area contributed by atoms with Crippen LogP contribution in [0.25, 0.3) is 0 Å². The molecule has 6 fully saturated rings. The summed E-state index contributed by atoms with van der Waals surface area (Å²) >= 11 is 0. The van der Waals surface area contributed by atoms with Crippen LogP contribution in [0.2, 0.25) is 0 Å². The molecule has 0 spiro atoms. The molecule has 6 heteroatoms. The summed E-state index contributed by atoms with van der Waals surface area (Å²) in [6.45, 7) is 38.4. The van der Waals surface area contributed by atoms with Crippen LogP contribution in [0.4, 0.5) is 0 Å². The van der Waals surface area contributed by atoms with Gasteiger partial charge in [-0.05, 0) is 131 Å². The second-order valence-electron chi connectivity index (χ2n) is 23.1. The molecule has 2 aliphatic carbocycles. The highest BCUT2D eigenvalue weighted by Crippen LogP contribution is 2.36. The lowest BCUT2D eigenvalue weighted by molar-refractivity contribution is -0.929. The monoisotopic (exact) mass is 841 g/mol. The van der Waals surface area contributed by atoms with Crippen LogP contribution < -0.4 is 9.80 Å². The van der Waals surface area contributed by atoms with Gasteiger partial charge in [-0.15, -0.1) is 0 Å². The van der Waals surface area contributed by atoms with Crippen molar-refractivity contribution in [1.82, 2.24) is 0 Å². The molecular formula is C54H104N4O2+4. The molecule has 0 bridgehead atoms. The highest BCUT2D eigenvalue weighted by molar-refractivity contribution is 5.24. The van der Waals surface area contributed by atoms with Crippen LogP contribution in [0.1, 0.15) is 162 Å². The molecule has 0 radical (unpaired) electrons. The Labute approximate surface area is 374 Å². The maximum atomic E-state index is 5.44. The first-order valence-electron chi connectivity index (χ1n) is 26.3. The van der Waals surface area contributed by atoms with Crippen LogP contribution in [0, 0.1) is 41.4 Å². The number of likely N-dealkylation sites (tertiary alicyclic amines) is 2. The average molecular weight is 841 g/mol. The molecule has 60 heavy (non-hydrogen) atoms. The molecule has 2 unspecified atom stereocenters. The highest BCUT2D eigenvalue weighted by atomic mass is 16.5. The standard InChI is InChI=1S/C16H32N.C15H24NO.C13H25NO.C10H21N/c1-14(2)16-9-7-15(8-10-16)13-17(3)11-5-4-6-12-17;1-13(2)15-6-4-14(5-7-15)12-16(3)8-10-17-11-9-16;1-11(2)13-4-3-12(9-13)10-14-5-7-15-8-6-14;1-10(2)6-9-11-7-4-3-5-8-11/h14-16H,4-13H2,1-3H3;4-7,13H,8-12H2,1-3H3;11-13H,3-10H2,1-2H3;10H,3-9H2,1-2H3/q2*+1;;/p+2. The second kappa shape index (κ2) is 27.3. The molecule has 6 aliphatic rings. The van der Waals surface area contributed by atoms with E-state index in [0.29, 0.717) is 5.92 Å². The quantitative estimate of drug-likeness (QED) is 0.206. The molecule has 2 N–H and O–H groups in total. The van der Waals surface area contributed by atoms with Crippen molar-refractivity contribution in [3.05, 3.63) is 35.4 Å². The molecule has 1 aromatic carbocycles. The Morgan fingerprint density at radius 3 is 1.67 bits per heavy atom. The van der Waals surface area contributed by atoms with Gasteiger partial charge in [0, 0.05) is 17.4 Å². The molecule has 4 saturated heterocycles. The molecule has 4 aliphatic heterocycles. The number of quaternary nitrogens is 4. The SMILES string of the molecule is CC(C)C1CCC(C[N+]2(C)CCCCC2)CC1.CC(C)C1CCC(C[NH+]2CCOCC2)C1.CC(C)CC[NH+]1CCCCC1.CC(C)c1ccc(C[N+]2(C)CCOCC2)cc1. The zero-order chi connectivity index (χ0) is 43.4. The Hall–Kier alpha value is -1.02. The molecule has 0 aromatic heterocycles. The van der Waals surface area contributed by atoms with E-state index in [4.69, 9.17) is 9.47 Å². The minimum absolute atomic E-state index is 0.622. The van der Waals surface area contributed by atoms with E-state index >= 15 is 0 Å². The van der Waals surface area contributed by atoms with E-state index < -0.39 is 0 Å². The Balaban J connectivity index is 0.000000179. The number of benzene rings is 1. The smallest absolute Gasteiger partial charge is 0.104 e. The van der Waals surface area contributed by atoms with Gasteiger partial charge in [-0.25, -0.2) is 0 Å². The van der Waals surface area contributed by atoms with Crippen LogP contribution in [0.5, 0.6) is 0 Å². The summed E-state index contributed by atoms with van der Waals surface area (Å²) in [4.78, 5) is 3.64. The fourth-order valence-electron chi connectivity index (χ4n) is 11.5. The van der Waals surface area contributed by atoms with E-state index in [2.05, 4.69) is 93.8 Å². The van der Waals surface area contributed by atoms with Crippen molar-refractivity contribution < 1.29 is 28.2 Å². The number of hydrogen-bond donors (Lipinski definition) is 2. The molecule has 348 valence electrons. The first kappa shape index (κ1) is 51.6. The number of nitrogens with one attached hydrogen (secondary N) is 2. The van der Waals surface area contributed by atoms with Crippen LogP contribution in [0.15, 0.2) is 24.3 Å². The Morgan fingerprint density at radius 2 is 1.12 bits per heavy atom. The lowest BCUT2D eigenvalue weighted by Crippen LogP contribution is -3.14. The van der Waals surface area contributed by atoms with Crippen molar-refractivity contribution in [1.29, 1.82) is 0 Å². The third-order valence-electron chi connectivity index (χ3n) is 16.1. The second-order valence-corrected chi connectivity index (χ2v) is 23.1. The van der Waals surface area contributed by atoms with Gasteiger partial charge in [-0.1, -0.05) is 79.7 Å². The number of morpholine rings is 2. The fraction of sp³-hybridized carbons (Fsp3) is 0.889. The van der Waals surface area contributed by atoms with E-state index in [9.17, 15) is 0 Å². The van der Waals surface area contributed by atoms with E-state index in [1.165, 1.54) is 164 Å². The zero-order valence-electron chi connectivity index (χ0n) is 41.9. The lowest BCUT2D eigenvalue weighted by atomic mass is 9.76. The molecule has 2 saturated carbocycles. The van der Waals surface area contributed by atoms with Gasteiger partial charge >= 0.3 is 0 Å². The minimum atomic E-state index is 0.622. The van der Waals surface area contributed by atoms with E-state index in [-0.39, 0.29) is 0 Å². The van der Waals surface area contributed by atoms with Crippen LogP contribution in [-0.2, 0) is 16.0 Å². The third-order valence-corrected chi connectivity index (χ3v) is 16.1. The van der Waals surface area contributed by atoms with Gasteiger partial charge < -0.3 is 28.2 Å². The van der Waals surface area contributed by atoms with Crippen molar-refractivity contribution in [3.8, 4) is 0 Å². The first-order chi connectivity index (χ1) is 28.7. The predicted molar refractivity (Wildman–Crippen MR) is 257 cm³/mol. The van der Waals surface area contributed by atoms with Crippen molar-refractivity contribution in [3.63, 3.8) is 0 Å². The van der Waals surface area contributed by atoms with E-state index in [1.54, 1.807) is 4.90 Å². The molecular weight excluding hydrogens is 737 g/mol. The highest BCUT2D eigenvalue weighted by Gasteiger charge is 2.32. The molecule has 1 aromatic rings. The maximum absolute atomic E-state index is 5.44. The summed E-state index contributed by atoms with van der Waals surface area (Å²) in [7, 11) is 4.84. The normalized spacial score (nSPS) is 27.4. The molecule has 7 rings (SSSR count). The van der Waals surface area contributed by atoms with Crippen LogP contribution >= 0.6 is 0 Å². The zero-order valence-corrected chi connectivity index (χ0v) is 41.9. The Morgan fingerprint density at radius 1 is 0.567 bits per heavy atom. The first-order valence-corrected chi connectivity index (χ1v) is 26.3. The number of nitrogens with zero attached hydrogens (tertiary/aromatic N) is 2. The Kier molecular flexibility index (Phi) is 23.5. The average Bonchev–Trinajstić information content (AvgIpc) is 3.71. The van der Waals surface area contributed by atoms with Crippen molar-refractivity contribution >= 4 is 0 Å². The summed E-state index contributed by atoms with van der Waals surface area (Å²) in [6, 6.07) is 9.11. The number of rotatable bonds is 12. The van der Waals surface area contributed by atoms with E-state index in [0.717, 1.165) is 92.0 Å². The van der Waals surface area contributed by atoms with Gasteiger partial charge in [0.2, 0.25) is 0 Å². The van der Waals surface area contributed by atoms with Gasteiger partial charge in [0.15, 0.2) is 0 Å². The van der Waals surface area contributed by atoms with E-state index in [1.807, 2.05) is 4.90 Å². The van der Waals surface area contributed by atoms with Crippen molar-refractivity contribution in [2.45, 2.75) is 158 Å². The lowest BCUT2D eigenvalue weighted by Gasteiger charge is -2.42. The maximum Gasteiger partial charge on any atom is 0.104 e. The van der Waals surface area contributed by atoms with Crippen LogP contribution in [-0.4, -0.2) is 121 Å². The van der Waals surface area contributed by atoms with Crippen LogP contribution in [0.3, 0.4) is 0 Å². The summed E-state index contributed by atoms with van der Waals surface area (Å²) in [5.74, 6) is 7.40. The van der Waals surface area contributed by atoms with Gasteiger partial charge in [0.1, 0.15) is 32.7 Å². The van der Waals surface area contributed by atoms with Gasteiger partial charge in [0.25, 0.3) is 0 Å². The van der Waals surface area contributed by atoms with Gasteiger partial charge in [0.05, 0.1) is 86.3 Å². The third kappa shape index (κ3) is 19.8. The number of hydrogen-bond acceptors (Lipinski definition) is 2. The summed E-state index contributed by atoms with van der Waals surface area (Å²) < 4.78 is 13.3. The number of piperidine rings is 2. The van der Waals surface area contributed by atoms with Gasteiger partial charge in [-0.3, -0.25) is 0 Å². The predicted octanol–water partition coefficient (Wildman–Crippen LogP) is 8.94. The fourth-order valence-corrected chi connectivity index (χ4v) is 11.5. The van der Waals surface area contributed by atoms with Gasteiger partial charge in [-0.2, -0.15) is 0 Å². The van der Waals surface area contributed by atoms with Crippen molar-refractivity contribution in [2.75, 3.05) is 113 Å². The molecule has 0 amide bonds. The number of ether oxygens (including phenoxy) is 2. The Bertz CT molecular complexity index is 1220. The molecule has 4 heterocycles. The number of likely N-dealkylation sites (N-methyl/N-ethyl adjacent to an activating group) is 1. The topological polar surface area (TPSA) is 27.3 Å². The summed E-state index contributed by atoms with van der Waals surface area (Å²) in [5.41, 5.74) is 2.87. The minimum Gasteiger partial charge on any atom is -0.370 e. The summed E-state index contributed by atoms with van der Waals surface area (Å²) in [5, 5.41) is 0. The molecule has 6 nitrogen and oxygen atoms in total. The van der Waals surface area contributed by atoms with Crippen molar-refractivity contribution in [2.24, 2.45) is 41.4 Å².